The lowest BCUT2D eigenvalue weighted by Crippen LogP contribution is -2.59. The Morgan fingerprint density at radius 1 is 1.08 bits per heavy atom. The number of carbonyl (C=O) groups is 1. The predicted molar refractivity (Wildman–Crippen MR) is 107 cm³/mol. The van der Waals surface area contributed by atoms with Gasteiger partial charge in [-0.3, -0.25) is 4.79 Å². The maximum absolute atomic E-state index is 13.3. The number of hydrogen-bond donors (Lipinski definition) is 2. The molecule has 0 radical (unpaired) electrons. The van der Waals surface area contributed by atoms with Gasteiger partial charge in [-0.05, 0) is 68.1 Å². The minimum Gasteiger partial charge on any atom is -0.352 e. The first-order chi connectivity index (χ1) is 11.6. The number of rotatable bonds is 3. The molecule has 1 amide bonds. The van der Waals surface area contributed by atoms with Gasteiger partial charge < -0.3 is 11.1 Å². The standard InChI is InChI=1S/C20H27BrN2O.ClH/c21-16-7-5-15(6-8-16)20(9-2-10-20)19(24)23-18-13-3-1-4-14(18)12-17(22)11-13;/h5-8,13-14,17-18H,1-4,9-12,22H2,(H,23,24);1H. The molecule has 3 fully saturated rings. The molecule has 0 saturated heterocycles. The van der Waals surface area contributed by atoms with Gasteiger partial charge in [0.15, 0.2) is 0 Å². The minimum atomic E-state index is -0.297. The van der Waals surface area contributed by atoms with Crippen molar-refractivity contribution in [3.05, 3.63) is 34.3 Å². The van der Waals surface area contributed by atoms with E-state index in [9.17, 15) is 4.79 Å². The molecule has 0 aliphatic heterocycles. The van der Waals surface area contributed by atoms with Crippen LogP contribution in [0.5, 0.6) is 0 Å². The molecule has 1 aromatic carbocycles. The van der Waals surface area contributed by atoms with Crippen molar-refractivity contribution in [1.29, 1.82) is 0 Å². The van der Waals surface area contributed by atoms with Gasteiger partial charge in [0.1, 0.15) is 0 Å². The summed E-state index contributed by atoms with van der Waals surface area (Å²) in [5.41, 5.74) is 7.11. The topological polar surface area (TPSA) is 55.1 Å². The molecular formula is C20H28BrClN2O. The van der Waals surface area contributed by atoms with E-state index in [1.54, 1.807) is 0 Å². The Labute approximate surface area is 165 Å². The molecule has 3 saturated carbocycles. The van der Waals surface area contributed by atoms with Gasteiger partial charge in [0.25, 0.3) is 0 Å². The summed E-state index contributed by atoms with van der Waals surface area (Å²) in [4.78, 5) is 13.3. The van der Waals surface area contributed by atoms with E-state index >= 15 is 0 Å². The third kappa shape index (κ3) is 3.50. The molecule has 0 heterocycles. The number of nitrogens with two attached hydrogens (primary N) is 1. The lowest BCUT2D eigenvalue weighted by atomic mass is 9.62. The zero-order valence-electron chi connectivity index (χ0n) is 14.5. The van der Waals surface area contributed by atoms with Gasteiger partial charge in [-0.1, -0.05) is 40.9 Å². The van der Waals surface area contributed by atoms with Gasteiger partial charge in [0.05, 0.1) is 5.41 Å². The van der Waals surface area contributed by atoms with Crippen molar-refractivity contribution in [2.45, 2.75) is 68.9 Å². The van der Waals surface area contributed by atoms with Gasteiger partial charge in [0.2, 0.25) is 5.91 Å². The van der Waals surface area contributed by atoms with Crippen LogP contribution in [0.15, 0.2) is 28.7 Å². The highest BCUT2D eigenvalue weighted by molar-refractivity contribution is 9.10. The van der Waals surface area contributed by atoms with Gasteiger partial charge in [-0.2, -0.15) is 0 Å². The number of hydrogen-bond acceptors (Lipinski definition) is 2. The van der Waals surface area contributed by atoms with Gasteiger partial charge in [-0.15, -0.1) is 12.4 Å². The summed E-state index contributed by atoms with van der Waals surface area (Å²) in [5, 5.41) is 3.49. The van der Waals surface area contributed by atoms with Crippen LogP contribution in [0.4, 0.5) is 0 Å². The summed E-state index contributed by atoms with van der Waals surface area (Å²) in [6, 6.07) is 9.01. The fourth-order valence-electron chi connectivity index (χ4n) is 5.26. The predicted octanol–water partition coefficient (Wildman–Crippen LogP) is 4.31. The van der Waals surface area contributed by atoms with Crippen molar-refractivity contribution in [3.63, 3.8) is 0 Å². The average molecular weight is 428 g/mol. The van der Waals surface area contributed by atoms with E-state index in [1.807, 2.05) is 0 Å². The molecule has 3 nitrogen and oxygen atoms in total. The fraction of sp³-hybridized carbons (Fsp3) is 0.650. The van der Waals surface area contributed by atoms with Crippen molar-refractivity contribution < 1.29 is 4.79 Å². The van der Waals surface area contributed by atoms with E-state index in [4.69, 9.17) is 5.73 Å². The summed E-state index contributed by atoms with van der Waals surface area (Å²) in [5.74, 6) is 1.42. The van der Waals surface area contributed by atoms with Crippen molar-refractivity contribution in [2.75, 3.05) is 0 Å². The van der Waals surface area contributed by atoms with Crippen LogP contribution in [0.25, 0.3) is 0 Å². The van der Waals surface area contributed by atoms with Crippen LogP contribution >= 0.6 is 28.3 Å². The van der Waals surface area contributed by atoms with Crippen LogP contribution in [0.2, 0.25) is 0 Å². The molecule has 5 heteroatoms. The quantitative estimate of drug-likeness (QED) is 0.755. The van der Waals surface area contributed by atoms with Crippen molar-refractivity contribution in [1.82, 2.24) is 5.32 Å². The summed E-state index contributed by atoms with van der Waals surface area (Å²) in [7, 11) is 0. The average Bonchev–Trinajstić information content (AvgIpc) is 2.49. The first kappa shape index (κ1) is 19.2. The normalized spacial score (nSPS) is 32.9. The zero-order chi connectivity index (χ0) is 16.7. The third-order valence-electron chi connectivity index (χ3n) is 6.71. The number of nitrogens with one attached hydrogen (secondary N) is 1. The van der Waals surface area contributed by atoms with Crippen LogP contribution < -0.4 is 11.1 Å². The molecule has 0 spiro atoms. The second-order valence-corrected chi connectivity index (χ2v) is 9.04. The van der Waals surface area contributed by atoms with E-state index in [1.165, 1.54) is 24.8 Å². The minimum absolute atomic E-state index is 0. The van der Waals surface area contributed by atoms with E-state index in [0.717, 1.165) is 36.6 Å². The lowest BCUT2D eigenvalue weighted by Gasteiger charge is -2.48. The van der Waals surface area contributed by atoms with Crippen LogP contribution in [-0.4, -0.2) is 18.0 Å². The monoisotopic (exact) mass is 426 g/mol. The fourth-order valence-corrected chi connectivity index (χ4v) is 5.52. The maximum Gasteiger partial charge on any atom is 0.230 e. The smallest absolute Gasteiger partial charge is 0.230 e. The molecule has 2 bridgehead atoms. The second kappa shape index (κ2) is 7.58. The highest BCUT2D eigenvalue weighted by Gasteiger charge is 2.48. The summed E-state index contributed by atoms with van der Waals surface area (Å²) >= 11 is 3.49. The molecule has 1 aromatic rings. The molecule has 2 atom stereocenters. The number of benzene rings is 1. The van der Waals surface area contributed by atoms with Crippen LogP contribution in [0.3, 0.4) is 0 Å². The Morgan fingerprint density at radius 3 is 2.20 bits per heavy atom. The number of halogens is 2. The molecule has 3 aliphatic carbocycles. The van der Waals surface area contributed by atoms with Crippen LogP contribution in [0, 0.1) is 11.8 Å². The first-order valence-electron chi connectivity index (χ1n) is 9.41. The van der Waals surface area contributed by atoms with Gasteiger partial charge >= 0.3 is 0 Å². The molecule has 0 aromatic heterocycles. The van der Waals surface area contributed by atoms with Gasteiger partial charge in [0, 0.05) is 16.6 Å². The van der Waals surface area contributed by atoms with E-state index < -0.39 is 0 Å². The zero-order valence-corrected chi connectivity index (χ0v) is 16.9. The molecule has 3 N–H and O–H groups in total. The Hall–Kier alpha value is -0.580. The summed E-state index contributed by atoms with van der Waals surface area (Å²) < 4.78 is 1.07. The van der Waals surface area contributed by atoms with E-state index in [0.29, 0.717) is 23.9 Å². The number of carbonyl (C=O) groups excluding carboxylic acids is 1. The third-order valence-corrected chi connectivity index (χ3v) is 7.24. The molecule has 3 aliphatic rings. The Morgan fingerprint density at radius 2 is 1.68 bits per heavy atom. The number of amides is 1. The SMILES string of the molecule is Cl.NC1CC2CCCC(C1)C2NC(=O)C1(c2ccc(Br)cc2)CCC1. The Balaban J connectivity index is 0.00000182. The highest BCUT2D eigenvalue weighted by atomic mass is 79.9. The van der Waals surface area contributed by atoms with Crippen molar-refractivity contribution in [3.8, 4) is 0 Å². The highest BCUT2D eigenvalue weighted by Crippen LogP contribution is 2.46. The Kier molecular flexibility index (Phi) is 5.81. The number of fused-ring (bicyclic) bond motifs is 2. The van der Waals surface area contributed by atoms with Gasteiger partial charge in [-0.25, -0.2) is 0 Å². The molecule has 25 heavy (non-hydrogen) atoms. The molecule has 138 valence electrons. The molecule has 2 unspecified atom stereocenters. The summed E-state index contributed by atoms with van der Waals surface area (Å²) in [6.07, 6.45) is 8.99. The Bertz CT molecular complexity index is 603. The van der Waals surface area contributed by atoms with Crippen LogP contribution in [0.1, 0.15) is 56.9 Å². The second-order valence-electron chi connectivity index (χ2n) is 8.12. The molecular weight excluding hydrogens is 400 g/mol. The van der Waals surface area contributed by atoms with Crippen molar-refractivity contribution in [2.24, 2.45) is 17.6 Å². The van der Waals surface area contributed by atoms with Crippen LogP contribution in [-0.2, 0) is 10.2 Å². The lowest BCUT2D eigenvalue weighted by molar-refractivity contribution is -0.132. The van der Waals surface area contributed by atoms with E-state index in [-0.39, 0.29) is 23.7 Å². The summed E-state index contributed by atoms with van der Waals surface area (Å²) in [6.45, 7) is 0. The maximum atomic E-state index is 13.3. The van der Waals surface area contributed by atoms with Crippen molar-refractivity contribution >= 4 is 34.2 Å². The van der Waals surface area contributed by atoms with E-state index in [2.05, 4.69) is 45.5 Å². The first-order valence-corrected chi connectivity index (χ1v) is 10.2. The molecule has 4 rings (SSSR count). The largest absolute Gasteiger partial charge is 0.352 e.